The molecule has 4 nitrogen and oxygen atoms in total. The molecule has 0 bridgehead atoms. The fraction of sp³-hybridized carbons (Fsp3) is 0.600. The zero-order chi connectivity index (χ0) is 20.3. The fourth-order valence-corrected chi connectivity index (χ4v) is 5.62. The number of fused-ring (bicyclic) bond motifs is 2. The minimum absolute atomic E-state index is 0.128. The Kier molecular flexibility index (Phi) is 6.07. The van der Waals surface area contributed by atoms with Crippen molar-refractivity contribution in [1.29, 1.82) is 0 Å². The van der Waals surface area contributed by atoms with Crippen molar-refractivity contribution in [3.05, 3.63) is 47.2 Å². The van der Waals surface area contributed by atoms with Crippen molar-refractivity contribution in [2.75, 3.05) is 7.11 Å². The number of rotatable bonds is 2. The third-order valence-electron chi connectivity index (χ3n) is 7.17. The molecule has 29 heavy (non-hydrogen) atoms. The Balaban J connectivity index is 1.72. The normalized spacial score (nSPS) is 30.6. The molecule has 0 saturated heterocycles. The number of benzene rings is 1. The molecule has 0 radical (unpaired) electrons. The van der Waals surface area contributed by atoms with E-state index in [4.69, 9.17) is 9.47 Å². The Hall–Kier alpha value is -2.10. The van der Waals surface area contributed by atoms with E-state index in [1.54, 1.807) is 0 Å². The van der Waals surface area contributed by atoms with E-state index in [9.17, 15) is 9.59 Å². The summed E-state index contributed by atoms with van der Waals surface area (Å²) in [5.41, 5.74) is 1.24. The maximum atomic E-state index is 13.1. The first kappa shape index (κ1) is 20.2. The molecule has 0 aromatic heterocycles. The number of hydrogen-bond donors (Lipinski definition) is 0. The molecule has 156 valence electrons. The number of esters is 2. The highest BCUT2D eigenvalue weighted by molar-refractivity contribution is 6.03. The monoisotopic (exact) mass is 396 g/mol. The molecule has 1 heterocycles. The lowest BCUT2D eigenvalue weighted by atomic mass is 9.48. The van der Waals surface area contributed by atoms with E-state index in [1.807, 2.05) is 18.2 Å². The molecule has 1 saturated carbocycles. The molecule has 4 rings (SSSR count). The molecule has 3 atom stereocenters. The van der Waals surface area contributed by atoms with Gasteiger partial charge in [-0.2, -0.15) is 0 Å². The van der Waals surface area contributed by atoms with Gasteiger partial charge in [0.25, 0.3) is 0 Å². The smallest absolute Gasteiger partial charge is 0.329 e. The summed E-state index contributed by atoms with van der Waals surface area (Å²) < 4.78 is 11.0. The van der Waals surface area contributed by atoms with Crippen molar-refractivity contribution in [3.8, 4) is 0 Å². The number of allylic oxidation sites excluding steroid dienone is 2. The van der Waals surface area contributed by atoms with Crippen molar-refractivity contribution in [3.63, 3.8) is 0 Å². The van der Waals surface area contributed by atoms with Gasteiger partial charge in [0.15, 0.2) is 5.41 Å². The minimum Gasteiger partial charge on any atom is -0.468 e. The Labute approximate surface area is 173 Å². The van der Waals surface area contributed by atoms with Gasteiger partial charge in [0, 0.05) is 12.3 Å². The Morgan fingerprint density at radius 2 is 1.59 bits per heavy atom. The number of carbonyl (C=O) groups excluding carboxylic acids is 2. The molecule has 3 aliphatic rings. The standard InChI is InChI=1S/C25H32O4/c1-28-23(26)25-17-20(18-13-9-8-10-14-18)22(25)19-15-11-6-4-2-3-5-7-12-16-21(19)29-24(25)27/h8-10,13-14,20,22H,2-7,11-12,15-17H2,1H3/t20-,22+,25-/m1/s1. The van der Waals surface area contributed by atoms with Gasteiger partial charge in [-0.25, -0.2) is 0 Å². The predicted octanol–water partition coefficient (Wildman–Crippen LogP) is 5.68. The Morgan fingerprint density at radius 3 is 2.24 bits per heavy atom. The van der Waals surface area contributed by atoms with Crippen molar-refractivity contribution in [1.82, 2.24) is 0 Å². The van der Waals surface area contributed by atoms with E-state index in [1.165, 1.54) is 56.8 Å². The number of ether oxygens (including phenoxy) is 2. The molecule has 2 aliphatic carbocycles. The quantitative estimate of drug-likeness (QED) is 0.477. The molecule has 1 fully saturated rings. The average Bonchev–Trinajstić information content (AvgIpc) is 2.71. The molecule has 1 aromatic carbocycles. The summed E-state index contributed by atoms with van der Waals surface area (Å²) in [7, 11) is 1.38. The lowest BCUT2D eigenvalue weighted by molar-refractivity contribution is -0.187. The van der Waals surface area contributed by atoms with Crippen LogP contribution in [0.3, 0.4) is 0 Å². The van der Waals surface area contributed by atoms with Gasteiger partial charge in [-0.3, -0.25) is 9.59 Å². The Bertz CT molecular complexity index is 781. The highest BCUT2D eigenvalue weighted by Gasteiger charge is 2.69. The van der Waals surface area contributed by atoms with Crippen molar-refractivity contribution >= 4 is 11.9 Å². The van der Waals surface area contributed by atoms with Gasteiger partial charge in [0.2, 0.25) is 0 Å². The molecule has 1 aliphatic heterocycles. The van der Waals surface area contributed by atoms with Crippen molar-refractivity contribution < 1.29 is 19.1 Å². The van der Waals surface area contributed by atoms with E-state index in [2.05, 4.69) is 12.1 Å². The molecule has 1 aromatic rings. The first-order chi connectivity index (χ1) is 14.2. The van der Waals surface area contributed by atoms with Gasteiger partial charge in [-0.1, -0.05) is 68.9 Å². The minimum atomic E-state index is -1.16. The van der Waals surface area contributed by atoms with E-state index in [0.29, 0.717) is 6.42 Å². The van der Waals surface area contributed by atoms with Crippen molar-refractivity contribution in [2.24, 2.45) is 11.3 Å². The highest BCUT2D eigenvalue weighted by atomic mass is 16.6. The molecule has 0 spiro atoms. The summed E-state index contributed by atoms with van der Waals surface area (Å²) in [5, 5.41) is 0. The average molecular weight is 397 g/mol. The molecular weight excluding hydrogens is 364 g/mol. The predicted molar refractivity (Wildman–Crippen MR) is 111 cm³/mol. The number of hydrogen-bond acceptors (Lipinski definition) is 4. The summed E-state index contributed by atoms with van der Waals surface area (Å²) >= 11 is 0. The first-order valence-corrected chi connectivity index (χ1v) is 11.3. The van der Waals surface area contributed by atoms with Crippen LogP contribution < -0.4 is 0 Å². The SMILES string of the molecule is COC(=O)[C@@]12C[C@H](c3ccccc3)[C@@H]1C1=C(CCCCCCCCCC1)OC2=O. The van der Waals surface area contributed by atoms with Gasteiger partial charge < -0.3 is 9.47 Å². The fourth-order valence-electron chi connectivity index (χ4n) is 5.62. The van der Waals surface area contributed by atoms with Gasteiger partial charge in [0.05, 0.1) is 7.11 Å². The third kappa shape index (κ3) is 3.62. The lowest BCUT2D eigenvalue weighted by Gasteiger charge is -2.54. The van der Waals surface area contributed by atoms with Gasteiger partial charge >= 0.3 is 11.9 Å². The summed E-state index contributed by atoms with van der Waals surface area (Å²) in [6.07, 6.45) is 11.8. The third-order valence-corrected chi connectivity index (χ3v) is 7.17. The van der Waals surface area contributed by atoms with E-state index >= 15 is 0 Å². The Morgan fingerprint density at radius 1 is 0.966 bits per heavy atom. The van der Waals surface area contributed by atoms with Crippen LogP contribution in [0.25, 0.3) is 0 Å². The second-order valence-electron chi connectivity index (χ2n) is 8.83. The summed E-state index contributed by atoms with van der Waals surface area (Å²) in [4.78, 5) is 26.0. The van der Waals surface area contributed by atoms with E-state index in [-0.39, 0.29) is 11.8 Å². The maximum Gasteiger partial charge on any atom is 0.329 e. The van der Waals surface area contributed by atoms with E-state index in [0.717, 1.165) is 31.4 Å². The van der Waals surface area contributed by atoms with Gasteiger partial charge in [0.1, 0.15) is 5.76 Å². The molecule has 4 heteroatoms. The van der Waals surface area contributed by atoms with Crippen LogP contribution in [0, 0.1) is 11.3 Å². The largest absolute Gasteiger partial charge is 0.468 e. The number of carbonyl (C=O) groups is 2. The van der Waals surface area contributed by atoms with Crippen LogP contribution >= 0.6 is 0 Å². The molecular formula is C25H32O4. The molecule has 0 amide bonds. The van der Waals surface area contributed by atoms with Crippen LogP contribution in [-0.4, -0.2) is 19.0 Å². The zero-order valence-electron chi connectivity index (χ0n) is 17.5. The van der Waals surface area contributed by atoms with Gasteiger partial charge in [-0.15, -0.1) is 0 Å². The first-order valence-electron chi connectivity index (χ1n) is 11.3. The lowest BCUT2D eigenvalue weighted by Crippen LogP contribution is -2.60. The molecule has 0 unspecified atom stereocenters. The second kappa shape index (κ2) is 8.73. The summed E-state index contributed by atoms with van der Waals surface area (Å²) in [6, 6.07) is 10.3. The van der Waals surface area contributed by atoms with Crippen LogP contribution in [0.1, 0.15) is 82.1 Å². The van der Waals surface area contributed by atoms with Crippen LogP contribution in [0.2, 0.25) is 0 Å². The van der Waals surface area contributed by atoms with Crippen LogP contribution in [-0.2, 0) is 19.1 Å². The van der Waals surface area contributed by atoms with E-state index < -0.39 is 17.4 Å². The topological polar surface area (TPSA) is 52.6 Å². The van der Waals surface area contributed by atoms with Gasteiger partial charge in [-0.05, 0) is 42.7 Å². The summed E-state index contributed by atoms with van der Waals surface area (Å²) in [6.45, 7) is 0. The summed E-state index contributed by atoms with van der Waals surface area (Å²) in [5.74, 6) is 0.0584. The van der Waals surface area contributed by atoms with Crippen LogP contribution in [0.15, 0.2) is 41.7 Å². The highest BCUT2D eigenvalue weighted by Crippen LogP contribution is 2.64. The van der Waals surface area contributed by atoms with Crippen molar-refractivity contribution in [2.45, 2.75) is 76.5 Å². The maximum absolute atomic E-state index is 13.1. The van der Waals surface area contributed by atoms with Crippen LogP contribution in [0.4, 0.5) is 0 Å². The zero-order valence-corrected chi connectivity index (χ0v) is 17.5. The second-order valence-corrected chi connectivity index (χ2v) is 8.83. The van der Waals surface area contributed by atoms with Crippen LogP contribution in [0.5, 0.6) is 0 Å². The number of methoxy groups -OCH3 is 1. The molecule has 0 N–H and O–H groups in total.